The molecule has 62 heavy (non-hydrogen) atoms. The van der Waals surface area contributed by atoms with Gasteiger partial charge in [0, 0.05) is 16.7 Å². The van der Waals surface area contributed by atoms with Crippen LogP contribution < -0.4 is 0 Å². The summed E-state index contributed by atoms with van der Waals surface area (Å²) in [5.41, 5.74) is 21.6. The van der Waals surface area contributed by atoms with Crippen LogP contribution >= 0.6 is 0 Å². The summed E-state index contributed by atoms with van der Waals surface area (Å²) in [5.74, 6) is 0. The average Bonchev–Trinajstić information content (AvgIpc) is 3.57. The maximum Gasteiger partial charge on any atom is 0.215 e. The van der Waals surface area contributed by atoms with Crippen LogP contribution in [0.2, 0.25) is 0 Å². The van der Waals surface area contributed by atoms with Crippen LogP contribution in [0.4, 0.5) is 0 Å². The zero-order valence-electron chi connectivity index (χ0n) is 41.5. The van der Waals surface area contributed by atoms with Crippen LogP contribution in [0.1, 0.15) is 281 Å². The molecular weight excluding hydrogens is 749 g/mol. The van der Waals surface area contributed by atoms with Crippen molar-refractivity contribution in [2.75, 3.05) is 0 Å². The van der Waals surface area contributed by atoms with Crippen molar-refractivity contribution < 1.29 is 4.70 Å². The largest absolute Gasteiger partial charge is 0.493 e. The molecule has 1 aliphatic heterocycles. The SMILES string of the molecule is CCCCCCCCCCCCCCCCCCCCCCCCCCCC=CC1=C(c2ccc(CCCCC)cc2)[N+](=[N-])C(c2ccc(CCCC)cc2)=C1CCCCCC. The topological polar surface area (TPSA) is 25.3 Å². The predicted octanol–water partition coefficient (Wildman–Crippen LogP) is 20.6. The van der Waals surface area contributed by atoms with Gasteiger partial charge in [0.05, 0.1) is 5.57 Å². The standard InChI is InChI=1S/C60H98N2/c1-5-9-13-15-16-17-18-19-20-21-22-23-24-25-26-27-28-29-30-31-32-33-34-35-36-37-40-44-58-57(43-39-14-10-6-2)59(55-49-45-53(46-50-55)41-12-8-4)62(61)60(58)56-51-47-54(48-52-56)42-38-11-7-3/h40,44-52H,5-39,41-43H2,1-4H3. The first-order valence-electron chi connectivity index (χ1n) is 27.5. The van der Waals surface area contributed by atoms with Crippen LogP contribution in [-0.2, 0) is 12.8 Å². The highest BCUT2D eigenvalue weighted by Crippen LogP contribution is 2.43. The first-order chi connectivity index (χ1) is 30.6. The summed E-state index contributed by atoms with van der Waals surface area (Å²) in [6, 6.07) is 18.1. The highest BCUT2D eigenvalue weighted by molar-refractivity contribution is 5.84. The normalized spacial score (nSPS) is 13.2. The van der Waals surface area contributed by atoms with Crippen molar-refractivity contribution in [2.24, 2.45) is 0 Å². The molecule has 0 bridgehead atoms. The van der Waals surface area contributed by atoms with E-state index in [-0.39, 0.29) is 0 Å². The molecule has 2 nitrogen and oxygen atoms in total. The monoisotopic (exact) mass is 847 g/mol. The second kappa shape index (κ2) is 36.6. The molecule has 0 unspecified atom stereocenters. The first kappa shape index (κ1) is 53.6. The third kappa shape index (κ3) is 22.7. The Bertz CT molecular complexity index is 1490. The summed E-state index contributed by atoms with van der Waals surface area (Å²) < 4.78 is 1.54. The lowest BCUT2D eigenvalue weighted by molar-refractivity contribution is -0.345. The Hall–Kier alpha value is -2.74. The zero-order chi connectivity index (χ0) is 44.1. The Labute approximate surface area is 385 Å². The van der Waals surface area contributed by atoms with Gasteiger partial charge in [0.1, 0.15) is 0 Å². The number of hydrogen-bond donors (Lipinski definition) is 0. The number of unbranched alkanes of at least 4 members (excludes halogenated alkanes) is 31. The molecule has 2 aromatic rings. The van der Waals surface area contributed by atoms with E-state index in [2.05, 4.69) is 88.4 Å². The second-order valence-electron chi connectivity index (χ2n) is 19.3. The summed E-state index contributed by atoms with van der Waals surface area (Å²) in [5, 5.41) is 0. The lowest BCUT2D eigenvalue weighted by Gasteiger charge is -2.11. The predicted molar refractivity (Wildman–Crippen MR) is 276 cm³/mol. The fraction of sp³-hybridized carbons (Fsp3) is 0.700. The van der Waals surface area contributed by atoms with E-state index in [4.69, 9.17) is 0 Å². The quantitative estimate of drug-likeness (QED) is 0.0471. The van der Waals surface area contributed by atoms with E-state index in [1.54, 1.807) is 4.70 Å². The summed E-state index contributed by atoms with van der Waals surface area (Å²) in [4.78, 5) is 0. The smallest absolute Gasteiger partial charge is 0.215 e. The Kier molecular flexibility index (Phi) is 31.6. The number of benzene rings is 2. The van der Waals surface area contributed by atoms with Gasteiger partial charge in [-0.05, 0) is 86.8 Å². The van der Waals surface area contributed by atoms with Crippen LogP contribution in [0.3, 0.4) is 0 Å². The molecule has 0 saturated heterocycles. The van der Waals surface area contributed by atoms with E-state index in [0.29, 0.717) is 0 Å². The molecule has 3 rings (SSSR count). The van der Waals surface area contributed by atoms with E-state index < -0.39 is 0 Å². The van der Waals surface area contributed by atoms with Crippen molar-refractivity contribution in [2.45, 2.75) is 272 Å². The molecule has 0 radical (unpaired) electrons. The maximum atomic E-state index is 12.1. The van der Waals surface area contributed by atoms with Gasteiger partial charge in [-0.2, -0.15) is 0 Å². The second-order valence-corrected chi connectivity index (χ2v) is 19.3. The van der Waals surface area contributed by atoms with Gasteiger partial charge < -0.3 is 5.53 Å². The van der Waals surface area contributed by atoms with Crippen molar-refractivity contribution in [3.8, 4) is 0 Å². The lowest BCUT2D eigenvalue weighted by Crippen LogP contribution is -2.03. The fourth-order valence-electron chi connectivity index (χ4n) is 9.58. The van der Waals surface area contributed by atoms with Gasteiger partial charge >= 0.3 is 0 Å². The Balaban J connectivity index is 1.40. The molecule has 0 fully saturated rings. The lowest BCUT2D eigenvalue weighted by atomic mass is 9.93. The van der Waals surface area contributed by atoms with Crippen molar-refractivity contribution in [3.05, 3.63) is 99.6 Å². The van der Waals surface area contributed by atoms with E-state index in [1.807, 2.05) is 0 Å². The van der Waals surface area contributed by atoms with Crippen molar-refractivity contribution in [3.63, 3.8) is 0 Å². The Morgan fingerprint density at radius 3 is 1.10 bits per heavy atom. The number of rotatable bonds is 41. The molecule has 0 N–H and O–H groups in total. The van der Waals surface area contributed by atoms with E-state index in [9.17, 15) is 5.53 Å². The molecule has 1 aliphatic rings. The molecular formula is C60H98N2. The first-order valence-corrected chi connectivity index (χ1v) is 27.5. The minimum absolute atomic E-state index is 0.951. The number of nitrogens with zero attached hydrogens (tertiary/aromatic N) is 2. The van der Waals surface area contributed by atoms with Gasteiger partial charge in [0.25, 0.3) is 0 Å². The van der Waals surface area contributed by atoms with Crippen LogP contribution in [-0.4, -0.2) is 4.70 Å². The summed E-state index contributed by atoms with van der Waals surface area (Å²) in [6.45, 7) is 9.13. The number of hydrogen-bond acceptors (Lipinski definition) is 0. The number of aryl methyl sites for hydroxylation is 2. The molecule has 0 saturated carbocycles. The van der Waals surface area contributed by atoms with E-state index >= 15 is 0 Å². The van der Waals surface area contributed by atoms with Crippen molar-refractivity contribution >= 4 is 11.4 Å². The Morgan fingerprint density at radius 1 is 0.355 bits per heavy atom. The molecule has 0 aromatic heterocycles. The third-order valence-electron chi connectivity index (χ3n) is 13.7. The van der Waals surface area contributed by atoms with Crippen molar-refractivity contribution in [1.82, 2.24) is 0 Å². The van der Waals surface area contributed by atoms with Gasteiger partial charge in [-0.1, -0.05) is 257 Å². The van der Waals surface area contributed by atoms with Gasteiger partial charge in [-0.3, -0.25) is 0 Å². The molecule has 0 aliphatic carbocycles. The molecule has 2 aromatic carbocycles. The number of allylic oxidation sites excluding steroid dienone is 4. The van der Waals surface area contributed by atoms with Gasteiger partial charge in [0.15, 0.2) is 0 Å². The van der Waals surface area contributed by atoms with E-state index in [1.165, 1.54) is 234 Å². The van der Waals surface area contributed by atoms with E-state index in [0.717, 1.165) is 54.6 Å². The minimum Gasteiger partial charge on any atom is -0.493 e. The highest BCUT2D eigenvalue weighted by Gasteiger charge is 2.34. The van der Waals surface area contributed by atoms with Gasteiger partial charge in [-0.15, -0.1) is 0 Å². The molecule has 0 amide bonds. The average molecular weight is 847 g/mol. The molecule has 0 atom stereocenters. The molecule has 0 spiro atoms. The summed E-state index contributed by atoms with van der Waals surface area (Å²) in [7, 11) is 0. The highest BCUT2D eigenvalue weighted by atomic mass is 15.2. The molecule has 348 valence electrons. The van der Waals surface area contributed by atoms with Gasteiger partial charge in [0.2, 0.25) is 11.4 Å². The third-order valence-corrected chi connectivity index (χ3v) is 13.7. The Morgan fingerprint density at radius 2 is 0.677 bits per heavy atom. The summed E-state index contributed by atoms with van der Waals surface area (Å²) in [6.07, 6.45) is 55.9. The molecule has 2 heteroatoms. The molecule has 1 heterocycles. The van der Waals surface area contributed by atoms with Crippen LogP contribution in [0, 0.1) is 0 Å². The minimum atomic E-state index is 0.951. The van der Waals surface area contributed by atoms with Crippen LogP contribution in [0.15, 0.2) is 71.8 Å². The van der Waals surface area contributed by atoms with Crippen LogP contribution in [0.25, 0.3) is 16.9 Å². The zero-order valence-corrected chi connectivity index (χ0v) is 41.5. The van der Waals surface area contributed by atoms with Crippen LogP contribution in [0.5, 0.6) is 0 Å². The summed E-state index contributed by atoms with van der Waals surface area (Å²) >= 11 is 0. The van der Waals surface area contributed by atoms with Crippen molar-refractivity contribution in [1.29, 1.82) is 0 Å². The fourth-order valence-corrected chi connectivity index (χ4v) is 9.58. The van der Waals surface area contributed by atoms with Gasteiger partial charge in [-0.25, -0.2) is 4.70 Å². The maximum absolute atomic E-state index is 12.1.